The van der Waals surface area contributed by atoms with Gasteiger partial charge in [-0.3, -0.25) is 4.79 Å². The summed E-state index contributed by atoms with van der Waals surface area (Å²) in [7, 11) is 0. The Balaban J connectivity index is 2.04. The van der Waals surface area contributed by atoms with E-state index in [0.717, 1.165) is 16.9 Å². The van der Waals surface area contributed by atoms with Crippen molar-refractivity contribution < 1.29 is 13.9 Å². The fraction of sp³-hybridized carbons (Fsp3) is 0.235. The number of halogens is 1. The summed E-state index contributed by atoms with van der Waals surface area (Å²) in [4.78, 5) is 12.0. The summed E-state index contributed by atoms with van der Waals surface area (Å²) in [5.74, 6) is -0.176. The molecular formula is C17H18FNO2. The van der Waals surface area contributed by atoms with Gasteiger partial charge in [0.2, 0.25) is 0 Å². The van der Waals surface area contributed by atoms with E-state index in [1.165, 1.54) is 6.07 Å². The molecule has 0 bridgehead atoms. The minimum absolute atomic E-state index is 0.0657. The van der Waals surface area contributed by atoms with Gasteiger partial charge in [0.1, 0.15) is 11.6 Å². The van der Waals surface area contributed by atoms with E-state index in [-0.39, 0.29) is 5.56 Å². The van der Waals surface area contributed by atoms with Gasteiger partial charge in [-0.15, -0.1) is 0 Å². The Hall–Kier alpha value is -2.36. The number of ether oxygens (including phenoxy) is 1. The molecule has 0 saturated carbocycles. The maximum Gasteiger partial charge on any atom is 0.254 e. The van der Waals surface area contributed by atoms with Crippen LogP contribution in [0.4, 0.5) is 4.39 Å². The van der Waals surface area contributed by atoms with E-state index in [4.69, 9.17) is 4.74 Å². The molecule has 0 unspecified atom stereocenters. The molecule has 0 spiro atoms. The highest BCUT2D eigenvalue weighted by Crippen LogP contribution is 2.14. The molecule has 110 valence electrons. The predicted octanol–water partition coefficient (Wildman–Crippen LogP) is 3.46. The van der Waals surface area contributed by atoms with Crippen LogP contribution in [0.3, 0.4) is 0 Å². The van der Waals surface area contributed by atoms with Crippen LogP contribution in [-0.2, 0) is 6.54 Å². The number of nitrogens with one attached hydrogen (secondary N) is 1. The van der Waals surface area contributed by atoms with E-state index in [1.54, 1.807) is 12.1 Å². The third-order valence-electron chi connectivity index (χ3n) is 3.03. The molecule has 3 nitrogen and oxygen atoms in total. The Morgan fingerprint density at radius 2 is 2.05 bits per heavy atom. The number of hydrogen-bond donors (Lipinski definition) is 1. The second kappa shape index (κ2) is 6.88. The first-order chi connectivity index (χ1) is 10.1. The first-order valence-corrected chi connectivity index (χ1v) is 6.86. The van der Waals surface area contributed by atoms with Crippen LogP contribution in [0.1, 0.15) is 28.4 Å². The van der Waals surface area contributed by atoms with Gasteiger partial charge in [0.15, 0.2) is 0 Å². The van der Waals surface area contributed by atoms with Crippen molar-refractivity contribution >= 4 is 5.91 Å². The van der Waals surface area contributed by atoms with Crippen molar-refractivity contribution in [2.45, 2.75) is 20.4 Å². The number of aryl methyl sites for hydroxylation is 1. The lowest BCUT2D eigenvalue weighted by atomic mass is 10.1. The number of benzene rings is 2. The zero-order valence-electron chi connectivity index (χ0n) is 12.2. The zero-order valence-corrected chi connectivity index (χ0v) is 12.2. The molecule has 0 aliphatic carbocycles. The average molecular weight is 287 g/mol. The predicted molar refractivity (Wildman–Crippen MR) is 79.9 cm³/mol. The standard InChI is InChI=1S/C17H18FNO2/c1-3-21-14-6-4-5-13(10-14)11-19-17(20)15-9-12(2)7-8-16(15)18/h4-10H,3,11H2,1-2H3,(H,19,20). The molecule has 21 heavy (non-hydrogen) atoms. The van der Waals surface area contributed by atoms with Crippen LogP contribution in [0, 0.1) is 12.7 Å². The van der Waals surface area contributed by atoms with Crippen LogP contribution < -0.4 is 10.1 Å². The molecule has 0 aliphatic rings. The third-order valence-corrected chi connectivity index (χ3v) is 3.03. The van der Waals surface area contributed by atoms with Gasteiger partial charge in [-0.2, -0.15) is 0 Å². The lowest BCUT2D eigenvalue weighted by Crippen LogP contribution is -2.24. The Morgan fingerprint density at radius 1 is 1.24 bits per heavy atom. The topological polar surface area (TPSA) is 38.3 Å². The third kappa shape index (κ3) is 4.05. The second-order valence-corrected chi connectivity index (χ2v) is 4.75. The van der Waals surface area contributed by atoms with Gasteiger partial charge in [-0.1, -0.05) is 23.8 Å². The van der Waals surface area contributed by atoms with Crippen molar-refractivity contribution in [2.75, 3.05) is 6.61 Å². The Bertz CT molecular complexity index is 640. The van der Waals surface area contributed by atoms with Crippen molar-refractivity contribution in [1.29, 1.82) is 0 Å². The lowest BCUT2D eigenvalue weighted by molar-refractivity contribution is 0.0946. The van der Waals surface area contributed by atoms with Crippen LogP contribution in [-0.4, -0.2) is 12.5 Å². The number of hydrogen-bond acceptors (Lipinski definition) is 2. The zero-order chi connectivity index (χ0) is 15.2. The van der Waals surface area contributed by atoms with Crippen LogP contribution in [0.2, 0.25) is 0 Å². The fourth-order valence-electron chi connectivity index (χ4n) is 2.00. The summed E-state index contributed by atoms with van der Waals surface area (Å²) in [6.07, 6.45) is 0. The van der Waals surface area contributed by atoms with Gasteiger partial charge in [-0.25, -0.2) is 4.39 Å². The molecule has 0 atom stereocenters. The molecule has 1 N–H and O–H groups in total. The van der Waals surface area contributed by atoms with Crippen molar-refractivity contribution in [3.05, 3.63) is 65.0 Å². The van der Waals surface area contributed by atoms with Crippen molar-refractivity contribution in [3.63, 3.8) is 0 Å². The largest absolute Gasteiger partial charge is 0.494 e. The van der Waals surface area contributed by atoms with E-state index in [9.17, 15) is 9.18 Å². The van der Waals surface area contributed by atoms with E-state index in [2.05, 4.69) is 5.32 Å². The van der Waals surface area contributed by atoms with Gasteiger partial charge >= 0.3 is 0 Å². The van der Waals surface area contributed by atoms with Gasteiger partial charge in [0.25, 0.3) is 5.91 Å². The average Bonchev–Trinajstić information content (AvgIpc) is 2.48. The van der Waals surface area contributed by atoms with E-state index in [0.29, 0.717) is 13.2 Å². The number of carbonyl (C=O) groups excluding carboxylic acids is 1. The van der Waals surface area contributed by atoms with E-state index in [1.807, 2.05) is 38.1 Å². The number of rotatable bonds is 5. The van der Waals surface area contributed by atoms with Crippen LogP contribution in [0.5, 0.6) is 5.75 Å². The van der Waals surface area contributed by atoms with Crippen molar-refractivity contribution in [2.24, 2.45) is 0 Å². The summed E-state index contributed by atoms with van der Waals surface area (Å²) in [6.45, 7) is 4.65. The van der Waals surface area contributed by atoms with Gasteiger partial charge < -0.3 is 10.1 Å². The maximum atomic E-state index is 13.6. The highest BCUT2D eigenvalue weighted by atomic mass is 19.1. The summed E-state index contributed by atoms with van der Waals surface area (Å²) in [6, 6.07) is 11.9. The molecule has 0 fully saturated rings. The molecule has 0 radical (unpaired) electrons. The molecule has 1 amide bonds. The molecule has 0 heterocycles. The molecule has 0 aromatic heterocycles. The number of amides is 1. The second-order valence-electron chi connectivity index (χ2n) is 4.75. The Labute approximate surface area is 123 Å². The summed E-state index contributed by atoms with van der Waals surface area (Å²) in [5, 5.41) is 2.72. The van der Waals surface area contributed by atoms with Gasteiger partial charge in [0.05, 0.1) is 12.2 Å². The van der Waals surface area contributed by atoms with Gasteiger partial charge in [0, 0.05) is 6.54 Å². The van der Waals surface area contributed by atoms with E-state index < -0.39 is 11.7 Å². The van der Waals surface area contributed by atoms with Crippen LogP contribution in [0.15, 0.2) is 42.5 Å². The molecule has 2 rings (SSSR count). The minimum atomic E-state index is -0.513. The summed E-state index contributed by atoms with van der Waals surface area (Å²) in [5.41, 5.74) is 1.82. The van der Waals surface area contributed by atoms with Crippen LogP contribution in [0.25, 0.3) is 0 Å². The Kier molecular flexibility index (Phi) is 4.93. The molecular weight excluding hydrogens is 269 g/mol. The number of carbonyl (C=O) groups is 1. The quantitative estimate of drug-likeness (QED) is 0.914. The highest BCUT2D eigenvalue weighted by molar-refractivity contribution is 5.94. The molecule has 0 saturated heterocycles. The van der Waals surface area contributed by atoms with Crippen LogP contribution >= 0.6 is 0 Å². The molecule has 2 aromatic carbocycles. The van der Waals surface area contributed by atoms with E-state index >= 15 is 0 Å². The molecule has 4 heteroatoms. The lowest BCUT2D eigenvalue weighted by Gasteiger charge is -2.09. The first-order valence-electron chi connectivity index (χ1n) is 6.86. The SMILES string of the molecule is CCOc1cccc(CNC(=O)c2cc(C)ccc2F)c1. The van der Waals surface area contributed by atoms with Crippen molar-refractivity contribution in [1.82, 2.24) is 5.32 Å². The first kappa shape index (κ1) is 15.0. The highest BCUT2D eigenvalue weighted by Gasteiger charge is 2.11. The summed E-state index contributed by atoms with van der Waals surface area (Å²) < 4.78 is 19.0. The normalized spacial score (nSPS) is 10.2. The summed E-state index contributed by atoms with van der Waals surface area (Å²) >= 11 is 0. The monoisotopic (exact) mass is 287 g/mol. The fourth-order valence-corrected chi connectivity index (χ4v) is 2.00. The minimum Gasteiger partial charge on any atom is -0.494 e. The molecule has 0 aliphatic heterocycles. The Morgan fingerprint density at radius 3 is 2.81 bits per heavy atom. The maximum absolute atomic E-state index is 13.6. The van der Waals surface area contributed by atoms with Crippen molar-refractivity contribution in [3.8, 4) is 5.75 Å². The molecule has 2 aromatic rings. The smallest absolute Gasteiger partial charge is 0.254 e. The van der Waals surface area contributed by atoms with Gasteiger partial charge in [-0.05, 0) is 43.7 Å².